The topological polar surface area (TPSA) is 61.4 Å². The van der Waals surface area contributed by atoms with Gasteiger partial charge in [0.25, 0.3) is 5.91 Å². The number of rotatable bonds is 4. The number of nitrogens with zero attached hydrogens (tertiary/aromatic N) is 1. The number of amides is 2. The zero-order valence-corrected chi connectivity index (χ0v) is 16.9. The number of likely N-dealkylation sites (N-methyl/N-ethyl adjacent to an activating group) is 1. The second kappa shape index (κ2) is 6.45. The molecule has 0 atom stereocenters. The first-order valence-corrected chi connectivity index (χ1v) is 9.71. The molecule has 1 heterocycles. The van der Waals surface area contributed by atoms with Gasteiger partial charge in [0.2, 0.25) is 5.91 Å². The quantitative estimate of drug-likeness (QED) is 0.861. The Labute approximate surface area is 166 Å². The number of hydrogen-bond acceptors (Lipinski definition) is 3. The summed E-state index contributed by atoms with van der Waals surface area (Å²) in [5, 5.41) is 6.03. The van der Waals surface area contributed by atoms with Crippen molar-refractivity contribution < 1.29 is 9.59 Å². The maximum absolute atomic E-state index is 12.9. The predicted octanol–water partition coefficient (Wildman–Crippen LogP) is 2.75. The lowest BCUT2D eigenvalue weighted by Crippen LogP contribution is -2.53. The average Bonchev–Trinajstić information content (AvgIpc) is 3.15. The van der Waals surface area contributed by atoms with E-state index >= 15 is 0 Å². The number of hydrogen-bond donors (Lipinski definition) is 2. The van der Waals surface area contributed by atoms with Crippen molar-refractivity contribution in [1.82, 2.24) is 10.2 Å². The van der Waals surface area contributed by atoms with Crippen LogP contribution in [0.5, 0.6) is 0 Å². The lowest BCUT2D eigenvalue weighted by atomic mass is 9.85. The summed E-state index contributed by atoms with van der Waals surface area (Å²) in [6.45, 7) is 4.34. The van der Waals surface area contributed by atoms with E-state index in [-0.39, 0.29) is 17.4 Å². The summed E-state index contributed by atoms with van der Waals surface area (Å²) < 4.78 is 0. The van der Waals surface area contributed by atoms with E-state index in [0.717, 1.165) is 24.1 Å². The summed E-state index contributed by atoms with van der Waals surface area (Å²) in [6.07, 6.45) is 1.85. The minimum Gasteiger partial charge on any atom is -0.350 e. The van der Waals surface area contributed by atoms with Gasteiger partial charge in [0, 0.05) is 23.3 Å². The van der Waals surface area contributed by atoms with Crippen LogP contribution in [0.15, 0.2) is 42.5 Å². The van der Waals surface area contributed by atoms with Gasteiger partial charge < -0.3 is 15.5 Å². The van der Waals surface area contributed by atoms with Crippen LogP contribution in [0, 0.1) is 0 Å². The van der Waals surface area contributed by atoms with E-state index in [0.29, 0.717) is 12.1 Å². The predicted molar refractivity (Wildman–Crippen MR) is 111 cm³/mol. The Hall–Kier alpha value is -2.66. The van der Waals surface area contributed by atoms with Gasteiger partial charge in [-0.15, -0.1) is 0 Å². The summed E-state index contributed by atoms with van der Waals surface area (Å²) in [4.78, 5) is 27.3. The molecule has 0 saturated heterocycles. The first-order chi connectivity index (χ1) is 13.2. The zero-order valence-electron chi connectivity index (χ0n) is 16.9. The fourth-order valence-corrected chi connectivity index (χ4v) is 4.33. The largest absolute Gasteiger partial charge is 0.350 e. The summed E-state index contributed by atoms with van der Waals surface area (Å²) in [7, 11) is 4.15. The third-order valence-corrected chi connectivity index (χ3v) is 6.46. The van der Waals surface area contributed by atoms with Crippen molar-refractivity contribution in [3.05, 3.63) is 64.7 Å². The van der Waals surface area contributed by atoms with Gasteiger partial charge >= 0.3 is 0 Å². The van der Waals surface area contributed by atoms with Gasteiger partial charge in [0.15, 0.2) is 0 Å². The molecule has 5 nitrogen and oxygen atoms in total. The molecule has 0 saturated carbocycles. The minimum atomic E-state index is -0.621. The molecule has 1 aliphatic carbocycles. The number of benzene rings is 2. The molecule has 5 heteroatoms. The minimum absolute atomic E-state index is 0.0321. The molecule has 0 radical (unpaired) electrons. The van der Waals surface area contributed by atoms with E-state index in [1.165, 1.54) is 11.1 Å². The van der Waals surface area contributed by atoms with Crippen LogP contribution in [-0.4, -0.2) is 42.9 Å². The number of anilines is 1. The highest BCUT2D eigenvalue weighted by molar-refractivity contribution is 6.07. The normalized spacial score (nSPS) is 18.5. The molecule has 2 aromatic rings. The van der Waals surface area contributed by atoms with Gasteiger partial charge in [-0.1, -0.05) is 24.3 Å². The molecule has 2 aromatic carbocycles. The van der Waals surface area contributed by atoms with Crippen LogP contribution in [0.4, 0.5) is 5.69 Å². The van der Waals surface area contributed by atoms with Crippen molar-refractivity contribution in [2.75, 3.05) is 26.0 Å². The van der Waals surface area contributed by atoms with Gasteiger partial charge in [0.1, 0.15) is 0 Å². The summed E-state index contributed by atoms with van der Waals surface area (Å²) in [6, 6.07) is 13.9. The number of carbonyl (C=O) groups excluding carboxylic acids is 2. The summed E-state index contributed by atoms with van der Waals surface area (Å²) >= 11 is 0. The Bertz CT molecular complexity index is 937. The van der Waals surface area contributed by atoms with Crippen LogP contribution in [0.1, 0.15) is 40.9 Å². The molecule has 2 amide bonds. The highest BCUT2D eigenvalue weighted by Gasteiger charge is 2.40. The lowest BCUT2D eigenvalue weighted by molar-refractivity contribution is -0.119. The molecule has 1 aliphatic heterocycles. The van der Waals surface area contributed by atoms with E-state index in [1.54, 1.807) is 6.07 Å². The second-order valence-corrected chi connectivity index (χ2v) is 8.76. The summed E-state index contributed by atoms with van der Waals surface area (Å²) in [5.74, 6) is -0.134. The van der Waals surface area contributed by atoms with Gasteiger partial charge in [-0.25, -0.2) is 0 Å². The van der Waals surface area contributed by atoms with Crippen LogP contribution in [0.25, 0.3) is 0 Å². The molecular formula is C23H27N3O2. The van der Waals surface area contributed by atoms with Crippen LogP contribution in [-0.2, 0) is 23.1 Å². The van der Waals surface area contributed by atoms with E-state index < -0.39 is 5.41 Å². The Balaban J connectivity index is 1.52. The van der Waals surface area contributed by atoms with E-state index in [9.17, 15) is 9.59 Å². The van der Waals surface area contributed by atoms with Gasteiger partial charge in [-0.3, -0.25) is 9.59 Å². The molecular weight excluding hydrogens is 350 g/mol. The SMILES string of the molecule is CN(C)C1(CNC(=O)c2ccc3c(c2)C(C)(C)C(=O)N3)Cc2ccccc2C1. The van der Waals surface area contributed by atoms with Crippen molar-refractivity contribution in [3.63, 3.8) is 0 Å². The molecule has 0 unspecified atom stereocenters. The number of carbonyl (C=O) groups is 2. The van der Waals surface area contributed by atoms with Crippen molar-refractivity contribution in [2.24, 2.45) is 0 Å². The third-order valence-electron chi connectivity index (χ3n) is 6.46. The Morgan fingerprint density at radius 3 is 2.36 bits per heavy atom. The smallest absolute Gasteiger partial charge is 0.251 e. The standard InChI is InChI=1S/C23H27N3O2/c1-22(2)18-11-15(9-10-19(18)25-21(22)28)20(27)24-14-23(26(3)4)12-16-7-5-6-8-17(16)13-23/h5-11H,12-14H2,1-4H3,(H,24,27)(H,25,28). The molecule has 146 valence electrons. The maximum Gasteiger partial charge on any atom is 0.251 e. The van der Waals surface area contributed by atoms with E-state index in [1.807, 2.05) is 26.0 Å². The molecule has 2 aliphatic rings. The van der Waals surface area contributed by atoms with Gasteiger partial charge in [-0.2, -0.15) is 0 Å². The maximum atomic E-state index is 12.9. The molecule has 0 spiro atoms. The molecule has 0 aromatic heterocycles. The Morgan fingerprint density at radius 1 is 1.11 bits per heavy atom. The molecule has 28 heavy (non-hydrogen) atoms. The first-order valence-electron chi connectivity index (χ1n) is 9.71. The van der Waals surface area contributed by atoms with Crippen LogP contribution in [0.2, 0.25) is 0 Å². The lowest BCUT2D eigenvalue weighted by Gasteiger charge is -2.36. The van der Waals surface area contributed by atoms with Crippen molar-refractivity contribution in [1.29, 1.82) is 0 Å². The highest BCUT2D eigenvalue weighted by Crippen LogP contribution is 2.38. The highest BCUT2D eigenvalue weighted by atomic mass is 16.2. The fourth-order valence-electron chi connectivity index (χ4n) is 4.33. The van der Waals surface area contributed by atoms with Crippen molar-refractivity contribution in [3.8, 4) is 0 Å². The second-order valence-electron chi connectivity index (χ2n) is 8.76. The Kier molecular flexibility index (Phi) is 4.31. The van der Waals surface area contributed by atoms with Gasteiger partial charge in [-0.05, 0) is 75.7 Å². The molecule has 0 bridgehead atoms. The van der Waals surface area contributed by atoms with E-state index in [2.05, 4.69) is 53.9 Å². The van der Waals surface area contributed by atoms with Gasteiger partial charge in [0.05, 0.1) is 5.41 Å². The monoisotopic (exact) mass is 377 g/mol. The molecule has 2 N–H and O–H groups in total. The fraction of sp³-hybridized carbons (Fsp3) is 0.391. The van der Waals surface area contributed by atoms with Crippen LogP contribution >= 0.6 is 0 Å². The van der Waals surface area contributed by atoms with Crippen molar-refractivity contribution in [2.45, 2.75) is 37.6 Å². The summed E-state index contributed by atoms with van der Waals surface area (Å²) in [5.41, 5.74) is 4.23. The molecule has 0 fully saturated rings. The number of nitrogens with one attached hydrogen (secondary N) is 2. The Morgan fingerprint density at radius 2 is 1.75 bits per heavy atom. The van der Waals surface area contributed by atoms with Crippen LogP contribution in [0.3, 0.4) is 0 Å². The van der Waals surface area contributed by atoms with E-state index in [4.69, 9.17) is 0 Å². The zero-order chi connectivity index (χ0) is 20.1. The number of fused-ring (bicyclic) bond motifs is 2. The van der Waals surface area contributed by atoms with Crippen LogP contribution < -0.4 is 10.6 Å². The van der Waals surface area contributed by atoms with Crippen molar-refractivity contribution >= 4 is 17.5 Å². The average molecular weight is 377 g/mol. The first kappa shape index (κ1) is 18.7. The molecule has 4 rings (SSSR count). The third kappa shape index (κ3) is 2.90.